The maximum atomic E-state index is 12.3. The highest BCUT2D eigenvalue weighted by Gasteiger charge is 2.16. The zero-order valence-corrected chi connectivity index (χ0v) is 11.3. The Bertz CT molecular complexity index is 534. The number of carbonyl (C=O) groups excluding carboxylic acids is 1. The normalized spacial score (nSPS) is 10.3. The van der Waals surface area contributed by atoms with E-state index in [1.165, 1.54) is 0 Å². The summed E-state index contributed by atoms with van der Waals surface area (Å²) in [5, 5.41) is 0. The number of hydrogen-bond acceptors (Lipinski definition) is 1. The molecule has 1 aromatic carbocycles. The molecule has 0 radical (unpaired) electrons. The van der Waals surface area contributed by atoms with Crippen LogP contribution < -0.4 is 4.90 Å². The molecule has 1 aromatic heterocycles. The van der Waals surface area contributed by atoms with Crippen molar-refractivity contribution in [3.63, 3.8) is 0 Å². The van der Waals surface area contributed by atoms with Gasteiger partial charge in [-0.1, -0.05) is 18.2 Å². The van der Waals surface area contributed by atoms with Crippen molar-refractivity contribution in [2.45, 2.75) is 0 Å². The largest absolute Gasteiger partial charge is 0.345 e. The maximum Gasteiger partial charge on any atom is 0.274 e. The average Bonchev–Trinajstić information content (AvgIpc) is 2.68. The second-order valence-corrected chi connectivity index (χ2v) is 4.77. The molecule has 88 valence electrons. The molecule has 3 nitrogen and oxygen atoms in total. The lowest BCUT2D eigenvalue weighted by Crippen LogP contribution is -2.27. The van der Waals surface area contributed by atoms with Crippen LogP contribution in [0, 0.1) is 0 Å². The van der Waals surface area contributed by atoms with Gasteiger partial charge in [-0.25, -0.2) is 0 Å². The van der Waals surface area contributed by atoms with Crippen molar-refractivity contribution in [2.24, 2.45) is 7.05 Å². The molecule has 0 fully saturated rings. The SMILES string of the molecule is CN(C(=O)c1cc(Br)cn1C)c1ccccc1. The molecule has 17 heavy (non-hydrogen) atoms. The monoisotopic (exact) mass is 292 g/mol. The van der Waals surface area contributed by atoms with Crippen LogP contribution in [0.25, 0.3) is 0 Å². The number of nitrogens with zero attached hydrogens (tertiary/aromatic N) is 2. The summed E-state index contributed by atoms with van der Waals surface area (Å²) in [4.78, 5) is 13.9. The summed E-state index contributed by atoms with van der Waals surface area (Å²) in [6.45, 7) is 0. The summed E-state index contributed by atoms with van der Waals surface area (Å²) in [5.41, 5.74) is 1.54. The number of para-hydroxylation sites is 1. The van der Waals surface area contributed by atoms with Gasteiger partial charge in [0, 0.05) is 30.5 Å². The number of anilines is 1. The van der Waals surface area contributed by atoms with Gasteiger partial charge < -0.3 is 9.47 Å². The third kappa shape index (κ3) is 2.42. The Balaban J connectivity index is 2.30. The standard InChI is InChI=1S/C13H13BrN2O/c1-15-9-10(14)8-12(15)13(17)16(2)11-6-4-3-5-7-11/h3-9H,1-2H3. The quantitative estimate of drug-likeness (QED) is 0.835. The van der Waals surface area contributed by atoms with Gasteiger partial charge in [-0.05, 0) is 34.1 Å². The van der Waals surface area contributed by atoms with Crippen molar-refractivity contribution in [3.8, 4) is 0 Å². The molecule has 0 unspecified atom stereocenters. The van der Waals surface area contributed by atoms with E-state index < -0.39 is 0 Å². The minimum absolute atomic E-state index is 0.0237. The highest BCUT2D eigenvalue weighted by molar-refractivity contribution is 9.10. The molecule has 0 aliphatic rings. The number of aryl methyl sites for hydroxylation is 1. The number of halogens is 1. The average molecular weight is 293 g/mol. The summed E-state index contributed by atoms with van der Waals surface area (Å²) in [5.74, 6) is -0.0237. The zero-order valence-electron chi connectivity index (χ0n) is 9.72. The van der Waals surface area contributed by atoms with Crippen molar-refractivity contribution in [1.29, 1.82) is 0 Å². The topological polar surface area (TPSA) is 25.2 Å². The fourth-order valence-electron chi connectivity index (χ4n) is 1.68. The van der Waals surface area contributed by atoms with Crippen LogP contribution in [-0.4, -0.2) is 17.5 Å². The maximum absolute atomic E-state index is 12.3. The van der Waals surface area contributed by atoms with Crippen molar-refractivity contribution >= 4 is 27.5 Å². The van der Waals surface area contributed by atoms with Crippen LogP contribution in [0.2, 0.25) is 0 Å². The van der Waals surface area contributed by atoms with Crippen molar-refractivity contribution in [1.82, 2.24) is 4.57 Å². The summed E-state index contributed by atoms with van der Waals surface area (Å²) in [7, 11) is 3.63. The summed E-state index contributed by atoms with van der Waals surface area (Å²) >= 11 is 3.37. The molecule has 1 amide bonds. The van der Waals surface area contributed by atoms with Gasteiger partial charge in [0.1, 0.15) is 5.69 Å². The lowest BCUT2D eigenvalue weighted by atomic mass is 10.3. The fraction of sp³-hybridized carbons (Fsp3) is 0.154. The van der Waals surface area contributed by atoms with Crippen LogP contribution in [0.3, 0.4) is 0 Å². The Morgan fingerprint density at radius 3 is 2.47 bits per heavy atom. The number of aromatic nitrogens is 1. The summed E-state index contributed by atoms with van der Waals surface area (Å²) in [6, 6.07) is 11.4. The lowest BCUT2D eigenvalue weighted by molar-refractivity contribution is 0.0985. The van der Waals surface area contributed by atoms with E-state index in [4.69, 9.17) is 0 Å². The van der Waals surface area contributed by atoms with E-state index in [2.05, 4.69) is 15.9 Å². The van der Waals surface area contributed by atoms with Crippen molar-refractivity contribution in [3.05, 3.63) is 52.8 Å². The first-order chi connectivity index (χ1) is 8.09. The molecule has 2 aromatic rings. The first-order valence-corrected chi connectivity index (χ1v) is 6.04. The summed E-state index contributed by atoms with van der Waals surface area (Å²) < 4.78 is 2.72. The van der Waals surface area contributed by atoms with Crippen LogP contribution in [0.4, 0.5) is 5.69 Å². The van der Waals surface area contributed by atoms with Gasteiger partial charge in [-0.2, -0.15) is 0 Å². The molecule has 0 atom stereocenters. The molecule has 0 spiro atoms. The van der Waals surface area contributed by atoms with E-state index in [9.17, 15) is 4.79 Å². The molecular formula is C13H13BrN2O. The molecule has 0 saturated heterocycles. The van der Waals surface area contributed by atoms with Crippen molar-refractivity contribution < 1.29 is 4.79 Å². The predicted molar refractivity (Wildman–Crippen MR) is 72.3 cm³/mol. The molecule has 1 heterocycles. The highest BCUT2D eigenvalue weighted by Crippen LogP contribution is 2.18. The van der Waals surface area contributed by atoms with E-state index in [1.807, 2.05) is 54.2 Å². The second-order valence-electron chi connectivity index (χ2n) is 3.85. The van der Waals surface area contributed by atoms with Gasteiger partial charge in [0.25, 0.3) is 5.91 Å². The van der Waals surface area contributed by atoms with Gasteiger partial charge in [0.2, 0.25) is 0 Å². The number of amides is 1. The Kier molecular flexibility index (Phi) is 3.33. The second kappa shape index (κ2) is 4.75. The first-order valence-electron chi connectivity index (χ1n) is 5.24. The Labute approximate surface area is 109 Å². The predicted octanol–water partition coefficient (Wildman–Crippen LogP) is 3.06. The van der Waals surface area contributed by atoms with Gasteiger partial charge in [0.15, 0.2) is 0 Å². The van der Waals surface area contributed by atoms with Crippen LogP contribution >= 0.6 is 15.9 Å². The van der Waals surface area contributed by atoms with Gasteiger partial charge in [0.05, 0.1) is 0 Å². The smallest absolute Gasteiger partial charge is 0.274 e. The molecule has 4 heteroatoms. The van der Waals surface area contributed by atoms with E-state index in [1.54, 1.807) is 11.9 Å². The van der Waals surface area contributed by atoms with E-state index in [0.717, 1.165) is 10.2 Å². The molecule has 0 bridgehead atoms. The fourth-order valence-corrected chi connectivity index (χ4v) is 2.20. The Morgan fingerprint density at radius 1 is 1.29 bits per heavy atom. The minimum Gasteiger partial charge on any atom is -0.345 e. The first kappa shape index (κ1) is 11.9. The van der Waals surface area contributed by atoms with Gasteiger partial charge in [-0.15, -0.1) is 0 Å². The highest BCUT2D eigenvalue weighted by atomic mass is 79.9. The van der Waals surface area contributed by atoms with Gasteiger partial charge in [-0.3, -0.25) is 4.79 Å². The number of carbonyl (C=O) groups is 1. The van der Waals surface area contributed by atoms with Crippen LogP contribution in [0.1, 0.15) is 10.5 Å². The van der Waals surface area contributed by atoms with Crippen LogP contribution in [0.5, 0.6) is 0 Å². The number of benzene rings is 1. The molecular weight excluding hydrogens is 280 g/mol. The number of rotatable bonds is 2. The van der Waals surface area contributed by atoms with Crippen molar-refractivity contribution in [2.75, 3.05) is 11.9 Å². The Morgan fingerprint density at radius 2 is 1.94 bits per heavy atom. The molecule has 0 aliphatic carbocycles. The van der Waals surface area contributed by atoms with Crippen LogP contribution in [-0.2, 0) is 7.05 Å². The third-order valence-electron chi connectivity index (χ3n) is 2.64. The Hall–Kier alpha value is -1.55. The minimum atomic E-state index is -0.0237. The summed E-state index contributed by atoms with van der Waals surface area (Å²) in [6.07, 6.45) is 1.87. The zero-order chi connectivity index (χ0) is 12.4. The molecule has 2 rings (SSSR count). The van der Waals surface area contributed by atoms with E-state index in [-0.39, 0.29) is 5.91 Å². The van der Waals surface area contributed by atoms with Gasteiger partial charge >= 0.3 is 0 Å². The molecule has 0 aliphatic heterocycles. The third-order valence-corrected chi connectivity index (χ3v) is 3.07. The molecule has 0 N–H and O–H groups in total. The van der Waals surface area contributed by atoms with E-state index in [0.29, 0.717) is 5.69 Å². The van der Waals surface area contributed by atoms with E-state index >= 15 is 0 Å². The molecule has 0 saturated carbocycles. The van der Waals surface area contributed by atoms with Crippen LogP contribution in [0.15, 0.2) is 47.1 Å². The number of hydrogen-bond donors (Lipinski definition) is 0. The lowest BCUT2D eigenvalue weighted by Gasteiger charge is -2.17.